The van der Waals surface area contributed by atoms with E-state index in [1.54, 1.807) is 0 Å². The minimum absolute atomic E-state index is 0.191. The van der Waals surface area contributed by atoms with E-state index in [4.69, 9.17) is 0 Å². The molecule has 1 saturated heterocycles. The largest absolute Gasteiger partial charge is 0.343 e. The van der Waals surface area contributed by atoms with Gasteiger partial charge in [-0.05, 0) is 62.9 Å². The van der Waals surface area contributed by atoms with Crippen LogP contribution in [0.1, 0.15) is 48.7 Å². The van der Waals surface area contributed by atoms with Gasteiger partial charge in [-0.15, -0.1) is 0 Å². The Morgan fingerprint density at radius 2 is 1.86 bits per heavy atom. The van der Waals surface area contributed by atoms with Gasteiger partial charge < -0.3 is 14.4 Å². The van der Waals surface area contributed by atoms with Crippen molar-refractivity contribution in [3.63, 3.8) is 0 Å². The van der Waals surface area contributed by atoms with Gasteiger partial charge in [0.05, 0.1) is 0 Å². The molecule has 0 N–H and O–H groups in total. The maximum absolute atomic E-state index is 13.1. The van der Waals surface area contributed by atoms with Gasteiger partial charge in [0.1, 0.15) is 5.69 Å². The number of aryl methyl sites for hydroxylation is 2. The molecule has 0 unspecified atom stereocenters. The standard InChI is InChI=1S/C24H35N3O/c1-3-4-15-25(2)20-22-13-18-27(19-14-22)24(28)23-11-8-16-26(23)17-12-21-9-6-5-7-10-21/h5-11,16,22H,3-4,12-15,17-20H2,1-2H3. The van der Waals surface area contributed by atoms with Crippen LogP contribution in [-0.2, 0) is 13.0 Å². The van der Waals surface area contributed by atoms with E-state index in [9.17, 15) is 4.79 Å². The lowest BCUT2D eigenvalue weighted by molar-refractivity contribution is 0.0662. The van der Waals surface area contributed by atoms with Crippen molar-refractivity contribution in [3.8, 4) is 0 Å². The Balaban J connectivity index is 1.50. The van der Waals surface area contributed by atoms with Crippen molar-refractivity contribution in [2.24, 2.45) is 5.92 Å². The Kier molecular flexibility index (Phi) is 7.72. The van der Waals surface area contributed by atoms with E-state index in [1.165, 1.54) is 24.9 Å². The van der Waals surface area contributed by atoms with Crippen molar-refractivity contribution < 1.29 is 4.79 Å². The zero-order valence-corrected chi connectivity index (χ0v) is 17.5. The van der Waals surface area contributed by atoms with Crippen LogP contribution in [0.5, 0.6) is 0 Å². The predicted octanol–water partition coefficient (Wildman–Crippen LogP) is 4.31. The van der Waals surface area contributed by atoms with E-state index in [0.29, 0.717) is 0 Å². The molecule has 1 aromatic carbocycles. The average Bonchev–Trinajstić information content (AvgIpc) is 3.20. The number of rotatable bonds is 9. The highest BCUT2D eigenvalue weighted by atomic mass is 16.2. The zero-order chi connectivity index (χ0) is 19.8. The molecular formula is C24H35N3O. The van der Waals surface area contributed by atoms with Gasteiger partial charge in [-0.25, -0.2) is 0 Å². The van der Waals surface area contributed by atoms with Gasteiger partial charge in [-0.1, -0.05) is 43.7 Å². The molecule has 2 heterocycles. The molecular weight excluding hydrogens is 346 g/mol. The van der Waals surface area contributed by atoms with Crippen LogP contribution in [0.15, 0.2) is 48.7 Å². The van der Waals surface area contributed by atoms with Crippen molar-refractivity contribution in [2.75, 3.05) is 33.2 Å². The molecule has 152 valence electrons. The summed E-state index contributed by atoms with van der Waals surface area (Å²) in [5, 5.41) is 0. The minimum Gasteiger partial charge on any atom is -0.343 e. The second kappa shape index (κ2) is 10.5. The van der Waals surface area contributed by atoms with Crippen molar-refractivity contribution in [2.45, 2.75) is 45.6 Å². The van der Waals surface area contributed by atoms with Crippen LogP contribution >= 0.6 is 0 Å². The maximum atomic E-state index is 13.1. The van der Waals surface area contributed by atoms with Crippen LogP contribution in [0.3, 0.4) is 0 Å². The molecule has 0 saturated carbocycles. The monoisotopic (exact) mass is 381 g/mol. The fraction of sp³-hybridized carbons (Fsp3) is 0.542. The highest BCUT2D eigenvalue weighted by Crippen LogP contribution is 2.20. The second-order valence-electron chi connectivity index (χ2n) is 8.17. The summed E-state index contributed by atoms with van der Waals surface area (Å²) in [4.78, 5) is 17.6. The molecule has 2 aromatic rings. The van der Waals surface area contributed by atoms with Crippen molar-refractivity contribution in [1.29, 1.82) is 0 Å². The number of benzene rings is 1. The Hall–Kier alpha value is -2.07. The highest BCUT2D eigenvalue weighted by molar-refractivity contribution is 5.92. The first-order valence-electron chi connectivity index (χ1n) is 10.8. The molecule has 0 spiro atoms. The number of aromatic nitrogens is 1. The molecule has 0 aliphatic carbocycles. The number of likely N-dealkylation sites (tertiary alicyclic amines) is 1. The van der Waals surface area contributed by atoms with Crippen LogP contribution < -0.4 is 0 Å². The third kappa shape index (κ3) is 5.71. The summed E-state index contributed by atoms with van der Waals surface area (Å²) < 4.78 is 2.11. The maximum Gasteiger partial charge on any atom is 0.270 e. The van der Waals surface area contributed by atoms with E-state index in [2.05, 4.69) is 52.6 Å². The summed E-state index contributed by atoms with van der Waals surface area (Å²) in [6.45, 7) is 7.20. The lowest BCUT2D eigenvalue weighted by Gasteiger charge is -2.34. The smallest absolute Gasteiger partial charge is 0.270 e. The topological polar surface area (TPSA) is 28.5 Å². The summed E-state index contributed by atoms with van der Waals surface area (Å²) in [7, 11) is 2.23. The normalized spacial score (nSPS) is 15.3. The Morgan fingerprint density at radius 3 is 2.57 bits per heavy atom. The van der Waals surface area contributed by atoms with Crippen molar-refractivity contribution >= 4 is 5.91 Å². The molecule has 0 bridgehead atoms. The van der Waals surface area contributed by atoms with Gasteiger partial charge in [0, 0.05) is 32.4 Å². The molecule has 0 atom stereocenters. The summed E-state index contributed by atoms with van der Waals surface area (Å²) in [5.74, 6) is 0.909. The predicted molar refractivity (Wildman–Crippen MR) is 116 cm³/mol. The first kappa shape index (κ1) is 20.7. The minimum atomic E-state index is 0.191. The van der Waals surface area contributed by atoms with Crippen molar-refractivity contribution in [3.05, 3.63) is 59.9 Å². The molecule has 1 amide bonds. The Labute approximate surface area is 170 Å². The first-order valence-corrected chi connectivity index (χ1v) is 10.8. The van der Waals surface area contributed by atoms with Gasteiger partial charge in [0.15, 0.2) is 0 Å². The van der Waals surface area contributed by atoms with E-state index < -0.39 is 0 Å². The van der Waals surface area contributed by atoms with E-state index in [1.807, 2.05) is 24.4 Å². The number of carbonyl (C=O) groups excluding carboxylic acids is 1. The highest BCUT2D eigenvalue weighted by Gasteiger charge is 2.25. The molecule has 4 nitrogen and oxygen atoms in total. The molecule has 28 heavy (non-hydrogen) atoms. The molecule has 1 aliphatic rings. The van der Waals surface area contributed by atoms with Crippen LogP contribution in [0, 0.1) is 5.92 Å². The number of unbranched alkanes of at least 4 members (excludes halogenated alkanes) is 1. The molecule has 0 radical (unpaired) electrons. The SMILES string of the molecule is CCCCN(C)CC1CCN(C(=O)c2cccn2CCc2ccccc2)CC1. The van der Waals surface area contributed by atoms with Gasteiger partial charge in [-0.3, -0.25) is 4.79 Å². The van der Waals surface area contributed by atoms with Crippen LogP contribution in [0.4, 0.5) is 0 Å². The van der Waals surface area contributed by atoms with Gasteiger partial charge >= 0.3 is 0 Å². The average molecular weight is 382 g/mol. The number of hydrogen-bond donors (Lipinski definition) is 0. The molecule has 1 aromatic heterocycles. The number of hydrogen-bond acceptors (Lipinski definition) is 2. The summed E-state index contributed by atoms with van der Waals surface area (Å²) >= 11 is 0. The summed E-state index contributed by atoms with van der Waals surface area (Å²) in [5.41, 5.74) is 2.14. The van der Waals surface area contributed by atoms with Crippen LogP contribution in [-0.4, -0.2) is 53.5 Å². The first-order chi connectivity index (χ1) is 13.7. The number of nitrogens with zero attached hydrogens (tertiary/aromatic N) is 3. The van der Waals surface area contributed by atoms with Crippen LogP contribution in [0.2, 0.25) is 0 Å². The third-order valence-corrected chi connectivity index (χ3v) is 5.90. The Bertz CT molecular complexity index is 716. The van der Waals surface area contributed by atoms with Crippen LogP contribution in [0.25, 0.3) is 0 Å². The van der Waals surface area contributed by atoms with E-state index in [0.717, 1.165) is 57.1 Å². The quantitative estimate of drug-likeness (QED) is 0.647. The van der Waals surface area contributed by atoms with Gasteiger partial charge in [-0.2, -0.15) is 0 Å². The fourth-order valence-electron chi connectivity index (χ4n) is 4.14. The number of carbonyl (C=O) groups is 1. The summed E-state index contributed by atoms with van der Waals surface area (Å²) in [6, 6.07) is 14.4. The number of piperidine rings is 1. The zero-order valence-electron chi connectivity index (χ0n) is 17.5. The van der Waals surface area contributed by atoms with E-state index >= 15 is 0 Å². The molecule has 3 rings (SSSR count). The molecule has 1 fully saturated rings. The Morgan fingerprint density at radius 1 is 1.11 bits per heavy atom. The van der Waals surface area contributed by atoms with Crippen molar-refractivity contribution in [1.82, 2.24) is 14.4 Å². The molecule has 1 aliphatic heterocycles. The van der Waals surface area contributed by atoms with E-state index in [-0.39, 0.29) is 5.91 Å². The lowest BCUT2D eigenvalue weighted by Crippen LogP contribution is -2.41. The fourth-order valence-corrected chi connectivity index (χ4v) is 4.14. The second-order valence-corrected chi connectivity index (χ2v) is 8.17. The summed E-state index contributed by atoms with van der Waals surface area (Å²) in [6.07, 6.45) is 7.74. The van der Waals surface area contributed by atoms with Gasteiger partial charge in [0.2, 0.25) is 0 Å². The number of amides is 1. The van der Waals surface area contributed by atoms with Gasteiger partial charge in [0.25, 0.3) is 5.91 Å². The third-order valence-electron chi connectivity index (χ3n) is 5.90. The molecule has 4 heteroatoms. The lowest BCUT2D eigenvalue weighted by atomic mass is 9.96.